The molecule has 3 rings (SSSR count). The van der Waals surface area contributed by atoms with Crippen LogP contribution in [0.1, 0.15) is 42.6 Å². The van der Waals surface area contributed by atoms with E-state index < -0.39 is 0 Å². The average molecular weight is 333 g/mol. The fourth-order valence-corrected chi connectivity index (χ4v) is 2.73. The van der Waals surface area contributed by atoms with Crippen LogP contribution in [0.4, 0.5) is 0 Å². The van der Waals surface area contributed by atoms with Crippen molar-refractivity contribution in [2.45, 2.75) is 33.1 Å². The fraction of sp³-hybridized carbons (Fsp3) is 0.471. The second-order valence-electron chi connectivity index (χ2n) is 6.07. The first-order chi connectivity index (χ1) is 11.1. The number of benzene rings is 1. The summed E-state index contributed by atoms with van der Waals surface area (Å²) in [5.41, 5.74) is 0.850. The number of carbonyl (C=O) groups is 1. The molecule has 1 aliphatic carbocycles. The lowest BCUT2D eigenvalue weighted by atomic mass is 10.3. The third-order valence-electron chi connectivity index (χ3n) is 3.99. The quantitative estimate of drug-likeness (QED) is 0.813. The number of rotatable bonds is 6. The molecule has 5 nitrogen and oxygen atoms in total. The number of nitrogens with zero attached hydrogens (tertiary/aromatic N) is 4. The summed E-state index contributed by atoms with van der Waals surface area (Å²) in [6.07, 6.45) is 3.38. The highest BCUT2D eigenvalue weighted by molar-refractivity contribution is 6.30. The SMILES string of the molecule is CCCN(CC1CC1)C(=O)c1nc(C)n(-c2ccc(Cl)cc2)n1. The lowest BCUT2D eigenvalue weighted by Crippen LogP contribution is -2.34. The first-order valence-corrected chi connectivity index (χ1v) is 8.45. The Morgan fingerprint density at radius 1 is 1.35 bits per heavy atom. The van der Waals surface area contributed by atoms with Crippen LogP contribution in [0, 0.1) is 12.8 Å². The van der Waals surface area contributed by atoms with E-state index in [0.717, 1.165) is 25.2 Å². The number of halogens is 1. The van der Waals surface area contributed by atoms with Gasteiger partial charge in [-0.1, -0.05) is 18.5 Å². The van der Waals surface area contributed by atoms with Gasteiger partial charge in [-0.05, 0) is 56.4 Å². The predicted molar refractivity (Wildman–Crippen MR) is 90.0 cm³/mol. The molecule has 1 fully saturated rings. The minimum Gasteiger partial charge on any atom is -0.336 e. The molecule has 1 aliphatic rings. The van der Waals surface area contributed by atoms with Gasteiger partial charge in [0.25, 0.3) is 5.91 Å². The molecular weight excluding hydrogens is 312 g/mol. The van der Waals surface area contributed by atoms with Gasteiger partial charge in [-0.2, -0.15) is 0 Å². The van der Waals surface area contributed by atoms with E-state index in [9.17, 15) is 4.79 Å². The molecule has 0 N–H and O–H groups in total. The minimum atomic E-state index is -0.0745. The number of hydrogen-bond acceptors (Lipinski definition) is 3. The monoisotopic (exact) mass is 332 g/mol. The number of aryl methyl sites for hydroxylation is 1. The van der Waals surface area contributed by atoms with Crippen molar-refractivity contribution in [3.63, 3.8) is 0 Å². The summed E-state index contributed by atoms with van der Waals surface area (Å²) >= 11 is 5.92. The molecular formula is C17H21ClN4O. The molecule has 6 heteroatoms. The Hall–Kier alpha value is -1.88. The van der Waals surface area contributed by atoms with Gasteiger partial charge in [-0.15, -0.1) is 5.10 Å². The van der Waals surface area contributed by atoms with Crippen LogP contribution in [-0.4, -0.2) is 38.7 Å². The number of hydrogen-bond donors (Lipinski definition) is 0. The van der Waals surface area contributed by atoms with Gasteiger partial charge in [-0.3, -0.25) is 4.79 Å². The van der Waals surface area contributed by atoms with E-state index in [1.54, 1.807) is 16.8 Å². The highest BCUT2D eigenvalue weighted by Gasteiger charge is 2.28. The average Bonchev–Trinajstić information content (AvgIpc) is 3.27. The molecule has 0 unspecified atom stereocenters. The van der Waals surface area contributed by atoms with E-state index >= 15 is 0 Å². The van der Waals surface area contributed by atoms with Crippen LogP contribution < -0.4 is 0 Å². The predicted octanol–water partition coefficient (Wildman–Crippen LogP) is 3.49. The second kappa shape index (κ2) is 6.71. The Kier molecular flexibility index (Phi) is 4.66. The lowest BCUT2D eigenvalue weighted by Gasteiger charge is -2.20. The molecule has 0 bridgehead atoms. The minimum absolute atomic E-state index is 0.0745. The van der Waals surface area contributed by atoms with Gasteiger partial charge < -0.3 is 4.90 Å². The molecule has 0 atom stereocenters. The molecule has 1 saturated carbocycles. The lowest BCUT2D eigenvalue weighted by molar-refractivity contribution is 0.0735. The molecule has 0 aliphatic heterocycles. The van der Waals surface area contributed by atoms with Crippen LogP contribution in [0.25, 0.3) is 5.69 Å². The van der Waals surface area contributed by atoms with Gasteiger partial charge in [0.05, 0.1) is 5.69 Å². The zero-order valence-corrected chi connectivity index (χ0v) is 14.3. The standard InChI is InChI=1S/C17H21ClN4O/c1-3-10-21(11-13-4-5-13)17(23)16-19-12(2)22(20-16)15-8-6-14(18)7-9-15/h6-9,13H,3-5,10-11H2,1-2H3. The fourth-order valence-electron chi connectivity index (χ4n) is 2.61. The third kappa shape index (κ3) is 3.72. The highest BCUT2D eigenvalue weighted by atomic mass is 35.5. The first kappa shape index (κ1) is 16.0. The van der Waals surface area contributed by atoms with Crippen molar-refractivity contribution in [2.75, 3.05) is 13.1 Å². The van der Waals surface area contributed by atoms with Crippen LogP contribution in [0.2, 0.25) is 5.02 Å². The second-order valence-corrected chi connectivity index (χ2v) is 6.50. The van der Waals surface area contributed by atoms with Crippen molar-refractivity contribution in [1.29, 1.82) is 0 Å². The summed E-state index contributed by atoms with van der Waals surface area (Å²) in [5.74, 6) is 1.55. The largest absolute Gasteiger partial charge is 0.336 e. The van der Waals surface area contributed by atoms with E-state index in [1.165, 1.54) is 12.8 Å². The summed E-state index contributed by atoms with van der Waals surface area (Å²) in [4.78, 5) is 19.0. The third-order valence-corrected chi connectivity index (χ3v) is 4.24. The molecule has 1 heterocycles. The number of carbonyl (C=O) groups excluding carboxylic acids is 1. The van der Waals surface area contributed by atoms with E-state index in [2.05, 4.69) is 17.0 Å². The van der Waals surface area contributed by atoms with Crippen molar-refractivity contribution < 1.29 is 4.79 Å². The summed E-state index contributed by atoms with van der Waals surface area (Å²) < 4.78 is 1.69. The molecule has 23 heavy (non-hydrogen) atoms. The topological polar surface area (TPSA) is 51.0 Å². The molecule has 122 valence electrons. The summed E-state index contributed by atoms with van der Waals surface area (Å²) in [6.45, 7) is 5.51. The van der Waals surface area contributed by atoms with Crippen LogP contribution in [0.3, 0.4) is 0 Å². The summed E-state index contributed by atoms with van der Waals surface area (Å²) in [7, 11) is 0. The van der Waals surface area contributed by atoms with Crippen LogP contribution >= 0.6 is 11.6 Å². The van der Waals surface area contributed by atoms with E-state index in [0.29, 0.717) is 16.8 Å². The zero-order valence-electron chi connectivity index (χ0n) is 13.5. The van der Waals surface area contributed by atoms with Gasteiger partial charge >= 0.3 is 0 Å². The van der Waals surface area contributed by atoms with Gasteiger partial charge in [0.1, 0.15) is 5.82 Å². The Labute approximate surface area is 141 Å². The molecule has 0 radical (unpaired) electrons. The highest BCUT2D eigenvalue weighted by Crippen LogP contribution is 2.30. The molecule has 1 aromatic heterocycles. The van der Waals surface area contributed by atoms with Crippen molar-refractivity contribution in [2.24, 2.45) is 5.92 Å². The molecule has 0 spiro atoms. The maximum atomic E-state index is 12.7. The summed E-state index contributed by atoms with van der Waals surface area (Å²) in [5, 5.41) is 5.08. The van der Waals surface area contributed by atoms with Crippen molar-refractivity contribution in [3.05, 3.63) is 40.9 Å². The molecule has 0 saturated heterocycles. The Balaban J connectivity index is 1.83. The first-order valence-electron chi connectivity index (χ1n) is 8.07. The Morgan fingerprint density at radius 3 is 2.65 bits per heavy atom. The van der Waals surface area contributed by atoms with Gasteiger partial charge in [0.15, 0.2) is 0 Å². The van der Waals surface area contributed by atoms with Crippen molar-refractivity contribution in [1.82, 2.24) is 19.7 Å². The Bertz CT molecular complexity index is 691. The molecule has 2 aromatic rings. The maximum Gasteiger partial charge on any atom is 0.293 e. The van der Waals surface area contributed by atoms with Gasteiger partial charge in [0.2, 0.25) is 5.82 Å². The molecule has 1 amide bonds. The van der Waals surface area contributed by atoms with Gasteiger partial charge in [0, 0.05) is 18.1 Å². The normalized spacial score (nSPS) is 14.0. The number of aromatic nitrogens is 3. The van der Waals surface area contributed by atoms with E-state index in [1.807, 2.05) is 24.0 Å². The van der Waals surface area contributed by atoms with E-state index in [-0.39, 0.29) is 11.7 Å². The van der Waals surface area contributed by atoms with E-state index in [4.69, 9.17) is 11.6 Å². The van der Waals surface area contributed by atoms with Crippen molar-refractivity contribution >= 4 is 17.5 Å². The Morgan fingerprint density at radius 2 is 2.04 bits per heavy atom. The van der Waals surface area contributed by atoms with Crippen molar-refractivity contribution in [3.8, 4) is 5.69 Å². The number of amides is 1. The zero-order chi connectivity index (χ0) is 16.4. The smallest absolute Gasteiger partial charge is 0.293 e. The van der Waals surface area contributed by atoms with Crippen LogP contribution in [0.5, 0.6) is 0 Å². The maximum absolute atomic E-state index is 12.7. The van der Waals surface area contributed by atoms with Crippen LogP contribution in [0.15, 0.2) is 24.3 Å². The van der Waals surface area contributed by atoms with Gasteiger partial charge in [-0.25, -0.2) is 9.67 Å². The summed E-state index contributed by atoms with van der Waals surface area (Å²) in [6, 6.07) is 7.34. The molecule has 1 aromatic carbocycles. The van der Waals surface area contributed by atoms with Crippen LogP contribution in [-0.2, 0) is 0 Å².